The summed E-state index contributed by atoms with van der Waals surface area (Å²) in [6.45, 7) is 0. The molecular weight excluding hydrogens is 255 g/mol. The van der Waals surface area contributed by atoms with Crippen LogP contribution in [-0.4, -0.2) is 33.3 Å². The van der Waals surface area contributed by atoms with Crippen molar-refractivity contribution < 1.29 is 23.1 Å². The van der Waals surface area contributed by atoms with Crippen molar-refractivity contribution in [1.82, 2.24) is 20.6 Å². The molecule has 0 spiro atoms. The van der Waals surface area contributed by atoms with Gasteiger partial charge >= 0.3 is 12.2 Å². The van der Waals surface area contributed by atoms with E-state index in [1.54, 1.807) is 0 Å². The van der Waals surface area contributed by atoms with Crippen LogP contribution in [0.15, 0.2) is 17.3 Å². The van der Waals surface area contributed by atoms with Crippen LogP contribution in [0.4, 0.5) is 18.0 Å². The molecule has 1 aliphatic heterocycles. The number of alkyl halides is 3. The number of nitrogens with zero attached hydrogens (tertiary/aromatic N) is 3. The fraction of sp³-hybridized carbons (Fsp3) is 0.250. The molecule has 0 saturated heterocycles. The van der Waals surface area contributed by atoms with Crippen LogP contribution in [0.3, 0.4) is 0 Å². The first-order chi connectivity index (χ1) is 8.36. The maximum atomic E-state index is 12.4. The number of amidine groups is 1. The first-order valence-electron chi connectivity index (χ1n) is 4.60. The number of halogens is 3. The number of aliphatic imine (C=N–C) groups is 1. The molecule has 0 saturated carbocycles. The Kier molecular flexibility index (Phi) is 2.87. The first kappa shape index (κ1) is 12.2. The molecule has 0 aliphatic carbocycles. The van der Waals surface area contributed by atoms with Crippen LogP contribution in [0.1, 0.15) is 11.5 Å². The van der Waals surface area contributed by atoms with Gasteiger partial charge in [0.2, 0.25) is 12.2 Å². The third-order valence-corrected chi connectivity index (χ3v) is 1.90. The van der Waals surface area contributed by atoms with Crippen LogP contribution in [0, 0.1) is 0 Å². The van der Waals surface area contributed by atoms with Gasteiger partial charge in [0.1, 0.15) is 5.69 Å². The lowest BCUT2D eigenvalue weighted by molar-refractivity contribution is -0.145. The third-order valence-electron chi connectivity index (χ3n) is 1.90. The standard InChI is InChI=1S/C8H6F3N5O2/c9-8(10,11)5-12-2-1-3(13-5)4-14-6(17)16-7(18)15-4/h1-2,6,17H,(H2,14,15,16,18). The van der Waals surface area contributed by atoms with Gasteiger partial charge < -0.3 is 5.11 Å². The average Bonchev–Trinajstić information content (AvgIpc) is 2.27. The molecule has 10 heteroatoms. The predicted octanol–water partition coefficient (Wildman–Crippen LogP) is -0.169. The highest BCUT2D eigenvalue weighted by molar-refractivity contribution is 6.07. The van der Waals surface area contributed by atoms with E-state index in [0.717, 1.165) is 12.3 Å². The zero-order valence-corrected chi connectivity index (χ0v) is 8.56. The molecule has 0 bridgehead atoms. The van der Waals surface area contributed by atoms with Crippen molar-refractivity contribution in [2.24, 2.45) is 4.99 Å². The maximum absolute atomic E-state index is 12.4. The number of carbonyl (C=O) groups is 1. The quantitative estimate of drug-likeness (QED) is 0.653. The average molecular weight is 261 g/mol. The van der Waals surface area contributed by atoms with Gasteiger partial charge in [0.25, 0.3) is 0 Å². The van der Waals surface area contributed by atoms with E-state index < -0.39 is 24.4 Å². The topological polar surface area (TPSA) is 99.5 Å². The van der Waals surface area contributed by atoms with E-state index in [4.69, 9.17) is 5.11 Å². The lowest BCUT2D eigenvalue weighted by Gasteiger charge is -2.18. The number of amides is 2. The largest absolute Gasteiger partial charge is 0.451 e. The number of carbonyl (C=O) groups excluding carboxylic acids is 1. The molecule has 1 aromatic heterocycles. The van der Waals surface area contributed by atoms with E-state index >= 15 is 0 Å². The molecular formula is C8H6F3N5O2. The van der Waals surface area contributed by atoms with Crippen LogP contribution < -0.4 is 10.6 Å². The molecule has 2 heterocycles. The summed E-state index contributed by atoms with van der Waals surface area (Å²) in [7, 11) is 0. The molecule has 2 rings (SSSR count). The summed E-state index contributed by atoms with van der Waals surface area (Å²) in [5, 5.41) is 13.2. The molecule has 1 atom stereocenters. The van der Waals surface area contributed by atoms with Crippen molar-refractivity contribution >= 4 is 11.9 Å². The molecule has 0 radical (unpaired) electrons. The van der Waals surface area contributed by atoms with Crippen molar-refractivity contribution in [2.75, 3.05) is 0 Å². The highest BCUT2D eigenvalue weighted by atomic mass is 19.4. The fourth-order valence-corrected chi connectivity index (χ4v) is 1.21. The number of hydrogen-bond donors (Lipinski definition) is 3. The molecule has 0 fully saturated rings. The van der Waals surface area contributed by atoms with Crippen molar-refractivity contribution in [2.45, 2.75) is 12.5 Å². The Morgan fingerprint density at radius 3 is 2.72 bits per heavy atom. The zero-order valence-electron chi connectivity index (χ0n) is 8.56. The zero-order chi connectivity index (χ0) is 13.3. The Morgan fingerprint density at radius 2 is 2.11 bits per heavy atom. The normalized spacial score (nSPS) is 19.9. The summed E-state index contributed by atoms with van der Waals surface area (Å²) in [5.41, 5.74) is -0.244. The van der Waals surface area contributed by atoms with Crippen molar-refractivity contribution in [3.8, 4) is 0 Å². The SMILES string of the molecule is O=C1NC(c2ccnc(C(F)(F)F)n2)=NC(O)N1. The van der Waals surface area contributed by atoms with Crippen molar-refractivity contribution in [3.63, 3.8) is 0 Å². The van der Waals surface area contributed by atoms with Crippen molar-refractivity contribution in [3.05, 3.63) is 23.8 Å². The molecule has 3 N–H and O–H groups in total. The molecule has 7 nitrogen and oxygen atoms in total. The summed E-state index contributed by atoms with van der Waals surface area (Å²) in [5.74, 6) is -1.62. The molecule has 1 aromatic rings. The smallest absolute Gasteiger partial charge is 0.355 e. The minimum Gasteiger partial charge on any atom is -0.355 e. The van der Waals surface area contributed by atoms with Gasteiger partial charge in [-0.15, -0.1) is 0 Å². The number of nitrogens with one attached hydrogen (secondary N) is 2. The van der Waals surface area contributed by atoms with E-state index in [2.05, 4.69) is 20.3 Å². The first-order valence-corrected chi connectivity index (χ1v) is 4.60. The molecule has 1 aliphatic rings. The number of aromatic nitrogens is 2. The second-order valence-corrected chi connectivity index (χ2v) is 3.21. The van der Waals surface area contributed by atoms with Crippen LogP contribution >= 0.6 is 0 Å². The minimum atomic E-state index is -4.70. The van der Waals surface area contributed by atoms with Gasteiger partial charge in [-0.1, -0.05) is 0 Å². The van der Waals surface area contributed by atoms with Crippen molar-refractivity contribution in [1.29, 1.82) is 0 Å². The Balaban J connectivity index is 2.37. The van der Waals surface area contributed by atoms with E-state index in [-0.39, 0.29) is 11.5 Å². The van der Waals surface area contributed by atoms with E-state index in [9.17, 15) is 18.0 Å². The van der Waals surface area contributed by atoms with Gasteiger partial charge in [-0.25, -0.2) is 19.8 Å². The van der Waals surface area contributed by atoms with Gasteiger partial charge in [0.15, 0.2) is 5.84 Å². The molecule has 1 unspecified atom stereocenters. The van der Waals surface area contributed by atoms with Crippen LogP contribution in [0.5, 0.6) is 0 Å². The summed E-state index contributed by atoms with van der Waals surface area (Å²) >= 11 is 0. The fourth-order valence-electron chi connectivity index (χ4n) is 1.21. The van der Waals surface area contributed by atoms with Crippen LogP contribution in [-0.2, 0) is 6.18 Å². The summed E-state index contributed by atoms with van der Waals surface area (Å²) in [6.07, 6.45) is -5.35. The van der Waals surface area contributed by atoms with E-state index in [1.807, 2.05) is 5.32 Å². The number of aliphatic hydroxyl groups is 1. The van der Waals surface area contributed by atoms with Gasteiger partial charge in [-0.05, 0) is 6.07 Å². The van der Waals surface area contributed by atoms with Crippen LogP contribution in [0.2, 0.25) is 0 Å². The van der Waals surface area contributed by atoms with Gasteiger partial charge in [-0.2, -0.15) is 13.2 Å². The van der Waals surface area contributed by atoms with E-state index in [0.29, 0.717) is 0 Å². The van der Waals surface area contributed by atoms with Gasteiger partial charge in [0.05, 0.1) is 0 Å². The highest BCUT2D eigenvalue weighted by Crippen LogP contribution is 2.25. The number of urea groups is 1. The molecule has 96 valence electrons. The molecule has 2 amide bonds. The second-order valence-electron chi connectivity index (χ2n) is 3.21. The van der Waals surface area contributed by atoms with Gasteiger partial charge in [-0.3, -0.25) is 10.6 Å². The summed E-state index contributed by atoms with van der Waals surface area (Å²) < 4.78 is 37.1. The number of aliphatic hydroxyl groups excluding tert-OH is 1. The Hall–Kier alpha value is -2.23. The summed E-state index contributed by atoms with van der Waals surface area (Å²) in [6, 6.07) is 0.339. The maximum Gasteiger partial charge on any atom is 0.451 e. The minimum absolute atomic E-state index is 0.244. The Morgan fingerprint density at radius 1 is 1.39 bits per heavy atom. The second kappa shape index (κ2) is 4.22. The highest BCUT2D eigenvalue weighted by Gasteiger charge is 2.35. The Labute approximate surface area is 97.8 Å². The monoisotopic (exact) mass is 261 g/mol. The molecule has 0 aromatic carbocycles. The van der Waals surface area contributed by atoms with Crippen LogP contribution in [0.25, 0.3) is 0 Å². The Bertz CT molecular complexity index is 516. The number of hydrogen-bond acceptors (Lipinski definition) is 5. The summed E-state index contributed by atoms with van der Waals surface area (Å²) in [4.78, 5) is 20.8. The third kappa shape index (κ3) is 2.53. The molecule has 18 heavy (non-hydrogen) atoms. The predicted molar refractivity (Wildman–Crippen MR) is 51.2 cm³/mol. The lowest BCUT2D eigenvalue weighted by Crippen LogP contribution is -2.50. The number of rotatable bonds is 1. The lowest BCUT2D eigenvalue weighted by atomic mass is 10.3. The van der Waals surface area contributed by atoms with Gasteiger partial charge in [0, 0.05) is 6.20 Å². The van der Waals surface area contributed by atoms with E-state index in [1.165, 1.54) is 0 Å².